The minimum atomic E-state index is -1.58. The number of rotatable bonds is 11. The van der Waals surface area contributed by atoms with E-state index >= 15 is 0 Å². The summed E-state index contributed by atoms with van der Waals surface area (Å²) in [6.07, 6.45) is -12.5. The first kappa shape index (κ1) is 30.9. The second kappa shape index (κ2) is 13.3. The molecule has 3 saturated heterocycles. The Labute approximate surface area is 231 Å². The smallest absolute Gasteiger partial charge is 0.306 e. The van der Waals surface area contributed by atoms with Crippen LogP contribution in [0.4, 0.5) is 0 Å². The summed E-state index contributed by atoms with van der Waals surface area (Å²) >= 11 is 0. The highest BCUT2D eigenvalue weighted by Gasteiger charge is 2.57. The lowest BCUT2D eigenvalue weighted by atomic mass is 9.97. The van der Waals surface area contributed by atoms with E-state index < -0.39 is 79.8 Å². The second-order valence-electron chi connectivity index (χ2n) is 10.6. The van der Waals surface area contributed by atoms with E-state index in [0.717, 1.165) is 5.56 Å². The Hall–Kier alpha value is -2.04. The fourth-order valence-electron chi connectivity index (χ4n) is 4.89. The molecule has 0 aliphatic carbocycles. The average molecular weight is 571 g/mol. The summed E-state index contributed by atoms with van der Waals surface area (Å²) in [5.74, 6) is -1.86. The maximum atomic E-state index is 12.1. The first-order chi connectivity index (χ1) is 19.0. The van der Waals surface area contributed by atoms with E-state index in [-0.39, 0.29) is 31.8 Å². The summed E-state index contributed by atoms with van der Waals surface area (Å²) < 4.78 is 40.2. The fourth-order valence-corrected chi connectivity index (χ4v) is 4.89. The van der Waals surface area contributed by atoms with Gasteiger partial charge in [0.15, 0.2) is 18.4 Å². The molecule has 1 aromatic carbocycles. The van der Waals surface area contributed by atoms with Gasteiger partial charge in [-0.05, 0) is 26.3 Å². The molecule has 0 bridgehead atoms. The standard InChI is InChI=1S/C27H38O13/c1-14(29)9-10-18(30)34-13-17-23-24(40-27(2,3)39-23)21(33)26(37-17)38-22-16(11-28)36-25(20(32)19(22)31)35-12-15-7-5-4-6-8-15/h4-8,16-17,19-26,28,31-33H,9-13H2,1-3H3/t16-,17-,19-,20-,21-,22-,23+,24-,25-,26+/m1/s1. The topological polar surface area (TPSA) is 180 Å². The zero-order valence-electron chi connectivity index (χ0n) is 22.7. The summed E-state index contributed by atoms with van der Waals surface area (Å²) in [4.78, 5) is 23.3. The van der Waals surface area contributed by atoms with Crippen molar-refractivity contribution in [3.8, 4) is 0 Å². The van der Waals surface area contributed by atoms with E-state index in [1.165, 1.54) is 6.92 Å². The molecule has 40 heavy (non-hydrogen) atoms. The molecule has 0 radical (unpaired) electrons. The third-order valence-corrected chi connectivity index (χ3v) is 6.91. The number of esters is 1. The van der Waals surface area contributed by atoms with Crippen LogP contribution in [0.3, 0.4) is 0 Å². The highest BCUT2D eigenvalue weighted by molar-refractivity contribution is 5.80. The zero-order valence-corrected chi connectivity index (χ0v) is 22.7. The number of fused-ring (bicyclic) bond motifs is 1. The van der Waals surface area contributed by atoms with Gasteiger partial charge in [0.1, 0.15) is 61.2 Å². The number of ketones is 1. The van der Waals surface area contributed by atoms with Crippen molar-refractivity contribution in [2.24, 2.45) is 0 Å². The second-order valence-corrected chi connectivity index (χ2v) is 10.6. The molecule has 10 atom stereocenters. The number of aliphatic hydroxyl groups is 4. The molecule has 0 aromatic heterocycles. The van der Waals surface area contributed by atoms with Gasteiger partial charge in [0.2, 0.25) is 0 Å². The van der Waals surface area contributed by atoms with Crippen LogP contribution >= 0.6 is 0 Å². The third-order valence-electron chi connectivity index (χ3n) is 6.91. The highest BCUT2D eigenvalue weighted by Crippen LogP contribution is 2.39. The lowest BCUT2D eigenvalue weighted by Crippen LogP contribution is -2.64. The van der Waals surface area contributed by atoms with E-state index in [1.54, 1.807) is 13.8 Å². The van der Waals surface area contributed by atoms with Crippen molar-refractivity contribution in [2.75, 3.05) is 13.2 Å². The molecular weight excluding hydrogens is 532 g/mol. The van der Waals surface area contributed by atoms with Crippen molar-refractivity contribution >= 4 is 11.8 Å². The van der Waals surface area contributed by atoms with E-state index in [1.807, 2.05) is 30.3 Å². The number of hydrogen-bond acceptors (Lipinski definition) is 13. The van der Waals surface area contributed by atoms with Crippen molar-refractivity contribution in [1.82, 2.24) is 0 Å². The van der Waals surface area contributed by atoms with Crippen LogP contribution in [0.1, 0.15) is 39.2 Å². The largest absolute Gasteiger partial charge is 0.463 e. The van der Waals surface area contributed by atoms with E-state index in [9.17, 15) is 30.0 Å². The molecule has 3 aliphatic rings. The Morgan fingerprint density at radius 1 is 0.900 bits per heavy atom. The van der Waals surface area contributed by atoms with Gasteiger partial charge in [-0.1, -0.05) is 30.3 Å². The summed E-state index contributed by atoms with van der Waals surface area (Å²) in [7, 11) is 0. The minimum absolute atomic E-state index is 0.0357. The van der Waals surface area contributed by atoms with E-state index in [4.69, 9.17) is 33.2 Å². The molecule has 224 valence electrons. The zero-order chi connectivity index (χ0) is 29.0. The lowest BCUT2D eigenvalue weighted by Gasteiger charge is -2.45. The van der Waals surface area contributed by atoms with Crippen LogP contribution in [0.25, 0.3) is 0 Å². The highest BCUT2D eigenvalue weighted by atomic mass is 16.8. The van der Waals surface area contributed by atoms with E-state index in [2.05, 4.69) is 0 Å². The Morgan fingerprint density at radius 2 is 1.57 bits per heavy atom. The van der Waals surface area contributed by atoms with Crippen molar-refractivity contribution in [3.05, 3.63) is 35.9 Å². The molecule has 3 fully saturated rings. The fraction of sp³-hybridized carbons (Fsp3) is 0.704. The number of carbonyl (C=O) groups is 2. The molecular formula is C27H38O13. The average Bonchev–Trinajstić information content (AvgIpc) is 3.26. The summed E-state index contributed by atoms with van der Waals surface area (Å²) in [6.45, 7) is 3.88. The predicted octanol–water partition coefficient (Wildman–Crippen LogP) is -0.454. The van der Waals surface area contributed by atoms with Crippen LogP contribution in [0, 0.1) is 0 Å². The van der Waals surface area contributed by atoms with Crippen molar-refractivity contribution < 1.29 is 63.2 Å². The van der Waals surface area contributed by atoms with Gasteiger partial charge in [-0.3, -0.25) is 4.79 Å². The molecule has 0 unspecified atom stereocenters. The Bertz CT molecular complexity index is 986. The van der Waals surface area contributed by atoms with Crippen molar-refractivity contribution in [2.45, 2.75) is 107 Å². The molecule has 0 saturated carbocycles. The van der Waals surface area contributed by atoms with Gasteiger partial charge in [0.05, 0.1) is 19.6 Å². The first-order valence-electron chi connectivity index (χ1n) is 13.3. The van der Waals surface area contributed by atoms with E-state index in [0.29, 0.717) is 0 Å². The van der Waals surface area contributed by atoms with Crippen LogP contribution in [0.15, 0.2) is 30.3 Å². The number of hydrogen-bond donors (Lipinski definition) is 4. The Morgan fingerprint density at radius 3 is 2.25 bits per heavy atom. The molecule has 3 heterocycles. The first-order valence-corrected chi connectivity index (χ1v) is 13.3. The summed E-state index contributed by atoms with van der Waals surface area (Å²) in [5.41, 5.74) is 0.815. The minimum Gasteiger partial charge on any atom is -0.463 e. The number of carbonyl (C=O) groups excluding carboxylic acids is 2. The molecule has 13 nitrogen and oxygen atoms in total. The van der Waals surface area contributed by atoms with Crippen molar-refractivity contribution in [3.63, 3.8) is 0 Å². The third kappa shape index (κ3) is 7.42. The van der Waals surface area contributed by atoms with Gasteiger partial charge in [0.25, 0.3) is 0 Å². The number of benzene rings is 1. The predicted molar refractivity (Wildman–Crippen MR) is 133 cm³/mol. The van der Waals surface area contributed by atoms with Crippen LogP contribution in [-0.2, 0) is 49.4 Å². The van der Waals surface area contributed by atoms with Crippen LogP contribution < -0.4 is 0 Å². The molecule has 0 amide bonds. The lowest BCUT2D eigenvalue weighted by molar-refractivity contribution is -0.354. The van der Waals surface area contributed by atoms with Gasteiger partial charge < -0.3 is 58.4 Å². The van der Waals surface area contributed by atoms with Gasteiger partial charge >= 0.3 is 5.97 Å². The number of ether oxygens (including phenoxy) is 7. The maximum absolute atomic E-state index is 12.1. The van der Waals surface area contributed by atoms with Gasteiger partial charge in [0, 0.05) is 6.42 Å². The quantitative estimate of drug-likeness (QED) is 0.252. The van der Waals surface area contributed by atoms with Crippen LogP contribution in [0.2, 0.25) is 0 Å². The SMILES string of the molecule is CC(=O)CCC(=O)OC[C@H]1O[C@@H](O[C@H]2[C@H](O)[C@@H](O)[C@H](OCc3ccccc3)O[C@@H]2CO)[C@H](O)[C@H]2OC(C)(C)O[C@H]21. The Balaban J connectivity index is 1.43. The molecule has 4 N–H and O–H groups in total. The summed E-state index contributed by atoms with van der Waals surface area (Å²) in [6, 6.07) is 9.14. The van der Waals surface area contributed by atoms with Crippen LogP contribution in [0.5, 0.6) is 0 Å². The summed E-state index contributed by atoms with van der Waals surface area (Å²) in [5, 5.41) is 42.6. The van der Waals surface area contributed by atoms with Crippen LogP contribution in [-0.4, -0.2) is 113 Å². The molecule has 0 spiro atoms. The van der Waals surface area contributed by atoms with Gasteiger partial charge in [-0.15, -0.1) is 0 Å². The van der Waals surface area contributed by atoms with Gasteiger partial charge in [-0.25, -0.2) is 0 Å². The number of Topliss-reactive ketones (excluding diaryl/α,β-unsaturated/α-hetero) is 1. The molecule has 4 rings (SSSR count). The maximum Gasteiger partial charge on any atom is 0.306 e. The Kier molecular flexibility index (Phi) is 10.3. The molecule has 1 aromatic rings. The number of aliphatic hydroxyl groups excluding tert-OH is 4. The monoisotopic (exact) mass is 570 g/mol. The molecule has 13 heteroatoms. The molecule has 3 aliphatic heterocycles. The normalized spacial score (nSPS) is 37.1. The van der Waals surface area contributed by atoms with Gasteiger partial charge in [-0.2, -0.15) is 0 Å². The van der Waals surface area contributed by atoms with Crippen molar-refractivity contribution in [1.29, 1.82) is 0 Å².